The van der Waals surface area contributed by atoms with Gasteiger partial charge >= 0.3 is 5.69 Å². The van der Waals surface area contributed by atoms with E-state index in [1.54, 1.807) is 24.0 Å². The van der Waals surface area contributed by atoms with Crippen molar-refractivity contribution in [2.45, 2.75) is 20.0 Å². The second kappa shape index (κ2) is 8.22. The van der Waals surface area contributed by atoms with Crippen LogP contribution in [0.1, 0.15) is 22.2 Å². The van der Waals surface area contributed by atoms with Crippen LogP contribution in [-0.2, 0) is 17.9 Å². The molecule has 3 heterocycles. The van der Waals surface area contributed by atoms with Gasteiger partial charge in [0.05, 0.1) is 4.88 Å². The molecule has 1 aliphatic heterocycles. The van der Waals surface area contributed by atoms with Gasteiger partial charge in [0.15, 0.2) is 0 Å². The van der Waals surface area contributed by atoms with E-state index in [2.05, 4.69) is 0 Å². The Morgan fingerprint density at radius 1 is 1.18 bits per heavy atom. The van der Waals surface area contributed by atoms with Gasteiger partial charge in [-0.25, -0.2) is 9.36 Å². The molecule has 10 heteroatoms. The van der Waals surface area contributed by atoms with Crippen LogP contribution in [0.15, 0.2) is 33.3 Å². The Morgan fingerprint density at radius 3 is 2.43 bits per heavy atom. The summed E-state index contributed by atoms with van der Waals surface area (Å²) in [7, 11) is 0. The van der Waals surface area contributed by atoms with Gasteiger partial charge in [0, 0.05) is 38.9 Å². The van der Waals surface area contributed by atoms with Crippen LogP contribution in [0.25, 0.3) is 0 Å². The minimum absolute atomic E-state index is 0.0640. The van der Waals surface area contributed by atoms with Crippen LogP contribution in [0.4, 0.5) is 0 Å². The molecule has 3 rings (SSSR count). The summed E-state index contributed by atoms with van der Waals surface area (Å²) >= 11 is 1.37. The van der Waals surface area contributed by atoms with Crippen molar-refractivity contribution in [1.29, 1.82) is 5.26 Å². The second-order valence-corrected chi connectivity index (χ2v) is 7.21. The highest BCUT2D eigenvalue weighted by Gasteiger charge is 2.26. The lowest BCUT2D eigenvalue weighted by Crippen LogP contribution is -2.52. The Balaban J connectivity index is 1.70. The van der Waals surface area contributed by atoms with Gasteiger partial charge in [-0.15, -0.1) is 11.3 Å². The van der Waals surface area contributed by atoms with Crippen LogP contribution in [0.2, 0.25) is 0 Å². The molecule has 0 bridgehead atoms. The number of amides is 2. The smallest absolute Gasteiger partial charge is 0.331 e. The van der Waals surface area contributed by atoms with Crippen molar-refractivity contribution in [3.8, 4) is 6.07 Å². The Bertz CT molecular complexity index is 1040. The number of thiophene rings is 1. The maximum atomic E-state index is 12.6. The van der Waals surface area contributed by atoms with E-state index >= 15 is 0 Å². The van der Waals surface area contributed by atoms with E-state index in [4.69, 9.17) is 5.26 Å². The van der Waals surface area contributed by atoms with E-state index in [0.717, 1.165) is 4.57 Å². The summed E-state index contributed by atoms with van der Waals surface area (Å²) in [5.74, 6) is -0.453. The van der Waals surface area contributed by atoms with Crippen LogP contribution >= 0.6 is 11.3 Å². The lowest BCUT2D eigenvalue weighted by Gasteiger charge is -2.34. The zero-order valence-electron chi connectivity index (χ0n) is 15.3. The molecule has 0 aliphatic carbocycles. The highest BCUT2D eigenvalue weighted by atomic mass is 32.1. The summed E-state index contributed by atoms with van der Waals surface area (Å²) in [6, 6.07) is 5.34. The third-order valence-electron chi connectivity index (χ3n) is 4.64. The van der Waals surface area contributed by atoms with Gasteiger partial charge < -0.3 is 9.80 Å². The number of nitrogens with zero attached hydrogens (tertiary/aromatic N) is 5. The minimum atomic E-state index is -0.767. The van der Waals surface area contributed by atoms with Gasteiger partial charge in [0.25, 0.3) is 11.5 Å². The van der Waals surface area contributed by atoms with Crippen LogP contribution in [0.5, 0.6) is 0 Å². The molecule has 2 aromatic rings. The number of aromatic nitrogens is 2. The van der Waals surface area contributed by atoms with E-state index in [9.17, 15) is 19.2 Å². The molecule has 1 saturated heterocycles. The molecular formula is C18H19N5O4S. The van der Waals surface area contributed by atoms with Crippen molar-refractivity contribution < 1.29 is 9.59 Å². The topological polar surface area (TPSA) is 108 Å². The standard InChI is InChI=1S/C18H19N5O4S/c1-2-20-11-13(10-19)16(25)23(18(20)27)12-15(24)21-5-7-22(8-6-21)17(26)14-4-3-9-28-14/h3-4,9,11H,2,5-8,12H2,1H3. The second-order valence-electron chi connectivity index (χ2n) is 6.26. The fourth-order valence-electron chi connectivity index (χ4n) is 3.05. The summed E-state index contributed by atoms with van der Waals surface area (Å²) < 4.78 is 2.03. The van der Waals surface area contributed by atoms with E-state index in [0.29, 0.717) is 31.1 Å². The predicted octanol–water partition coefficient (Wildman–Crippen LogP) is -0.0523. The van der Waals surface area contributed by atoms with Crippen molar-refractivity contribution in [1.82, 2.24) is 18.9 Å². The van der Waals surface area contributed by atoms with Crippen molar-refractivity contribution in [2.24, 2.45) is 0 Å². The van der Waals surface area contributed by atoms with Gasteiger partial charge in [-0.1, -0.05) is 6.07 Å². The van der Waals surface area contributed by atoms with E-state index in [-0.39, 0.29) is 23.9 Å². The number of nitriles is 1. The normalized spacial score (nSPS) is 14.0. The molecule has 0 unspecified atom stereocenters. The SMILES string of the molecule is CCn1cc(C#N)c(=O)n(CC(=O)N2CCN(C(=O)c3cccs3)CC2)c1=O. The average molecular weight is 401 g/mol. The van der Waals surface area contributed by atoms with Crippen LogP contribution in [0, 0.1) is 11.3 Å². The largest absolute Gasteiger partial charge is 0.338 e. The zero-order chi connectivity index (χ0) is 20.3. The first-order chi connectivity index (χ1) is 13.5. The molecule has 0 N–H and O–H groups in total. The molecule has 2 aromatic heterocycles. The van der Waals surface area contributed by atoms with E-state index in [1.807, 2.05) is 11.4 Å². The number of piperazine rings is 1. The highest BCUT2D eigenvalue weighted by Crippen LogP contribution is 2.14. The number of carbonyl (C=O) groups is 2. The molecule has 0 saturated carbocycles. The Labute approximate surface area is 164 Å². The number of hydrogen-bond acceptors (Lipinski definition) is 6. The van der Waals surface area contributed by atoms with Crippen molar-refractivity contribution in [3.63, 3.8) is 0 Å². The van der Waals surface area contributed by atoms with E-state index < -0.39 is 17.8 Å². The number of rotatable bonds is 4. The first-order valence-electron chi connectivity index (χ1n) is 8.81. The molecule has 1 fully saturated rings. The van der Waals surface area contributed by atoms with Gasteiger partial charge in [-0.05, 0) is 18.4 Å². The summed E-state index contributed by atoms with van der Waals surface area (Å²) in [6.07, 6.45) is 1.21. The Morgan fingerprint density at radius 2 is 1.86 bits per heavy atom. The van der Waals surface area contributed by atoms with Gasteiger partial charge in [0.2, 0.25) is 5.91 Å². The summed E-state index contributed by atoms with van der Waals surface area (Å²) in [5.41, 5.74) is -1.57. The van der Waals surface area contributed by atoms with Gasteiger partial charge in [0.1, 0.15) is 18.2 Å². The monoisotopic (exact) mass is 401 g/mol. The Kier molecular flexibility index (Phi) is 5.75. The summed E-state index contributed by atoms with van der Waals surface area (Å²) in [6.45, 7) is 2.99. The summed E-state index contributed by atoms with van der Waals surface area (Å²) in [5, 5.41) is 10.9. The van der Waals surface area contributed by atoms with Crippen molar-refractivity contribution in [3.05, 3.63) is 55.0 Å². The number of hydrogen-bond donors (Lipinski definition) is 0. The molecule has 9 nitrogen and oxygen atoms in total. The van der Waals surface area contributed by atoms with Crippen LogP contribution in [-0.4, -0.2) is 56.9 Å². The first-order valence-corrected chi connectivity index (χ1v) is 9.69. The maximum Gasteiger partial charge on any atom is 0.331 e. The van der Waals surface area contributed by atoms with Crippen molar-refractivity contribution in [2.75, 3.05) is 26.2 Å². The lowest BCUT2D eigenvalue weighted by molar-refractivity contribution is -0.133. The van der Waals surface area contributed by atoms with Crippen molar-refractivity contribution >= 4 is 23.2 Å². The zero-order valence-corrected chi connectivity index (χ0v) is 16.1. The first kappa shape index (κ1) is 19.6. The van der Waals surface area contributed by atoms with Crippen LogP contribution < -0.4 is 11.2 Å². The maximum absolute atomic E-state index is 12.6. The number of carbonyl (C=O) groups excluding carboxylic acids is 2. The fourth-order valence-corrected chi connectivity index (χ4v) is 3.74. The third-order valence-corrected chi connectivity index (χ3v) is 5.50. The molecule has 0 aromatic carbocycles. The molecule has 0 atom stereocenters. The van der Waals surface area contributed by atoms with Gasteiger partial charge in [-0.2, -0.15) is 5.26 Å². The highest BCUT2D eigenvalue weighted by molar-refractivity contribution is 7.12. The summed E-state index contributed by atoms with van der Waals surface area (Å²) in [4.78, 5) is 53.5. The molecule has 0 spiro atoms. The number of aryl methyl sites for hydroxylation is 1. The molecule has 2 amide bonds. The molecule has 1 aliphatic rings. The molecule has 28 heavy (non-hydrogen) atoms. The molecular weight excluding hydrogens is 382 g/mol. The van der Waals surface area contributed by atoms with Crippen LogP contribution in [0.3, 0.4) is 0 Å². The fraction of sp³-hybridized carbons (Fsp3) is 0.389. The third kappa shape index (κ3) is 3.75. The predicted molar refractivity (Wildman–Crippen MR) is 102 cm³/mol. The van der Waals surface area contributed by atoms with E-state index in [1.165, 1.54) is 27.0 Å². The minimum Gasteiger partial charge on any atom is -0.338 e. The average Bonchev–Trinajstić information content (AvgIpc) is 3.25. The lowest BCUT2D eigenvalue weighted by atomic mass is 10.3. The Hall–Kier alpha value is -3.19. The quantitative estimate of drug-likeness (QED) is 0.714. The molecule has 146 valence electrons. The molecule has 0 radical (unpaired) electrons. The van der Waals surface area contributed by atoms with Gasteiger partial charge in [-0.3, -0.25) is 19.0 Å².